The topological polar surface area (TPSA) is 68.3 Å². The molecule has 0 aliphatic carbocycles. The summed E-state index contributed by atoms with van der Waals surface area (Å²) < 4.78 is 6.06. The Labute approximate surface area is 149 Å². The maximum absolute atomic E-state index is 12.7. The maximum Gasteiger partial charge on any atom is 0.318 e. The summed E-state index contributed by atoms with van der Waals surface area (Å²) in [5, 5.41) is 3.24. The second-order valence-corrected chi connectivity index (χ2v) is 6.50. The zero-order valence-corrected chi connectivity index (χ0v) is 14.6. The highest BCUT2D eigenvalue weighted by atomic mass is 32.1. The molecule has 0 unspecified atom stereocenters. The number of carbonyl (C=O) groups is 2. The summed E-state index contributed by atoms with van der Waals surface area (Å²) in [5.74, 6) is -1.83. The first-order chi connectivity index (χ1) is 12.2. The molecule has 3 rings (SSSR count). The second kappa shape index (κ2) is 7.90. The summed E-state index contributed by atoms with van der Waals surface area (Å²) in [5.41, 5.74) is 1.72. The van der Waals surface area contributed by atoms with E-state index in [1.807, 2.05) is 54.6 Å². The molecule has 0 fully saturated rings. The van der Waals surface area contributed by atoms with Gasteiger partial charge in [0.2, 0.25) is 5.91 Å². The molecule has 1 atom stereocenters. The van der Waals surface area contributed by atoms with Crippen LogP contribution in [0.15, 0.2) is 54.6 Å². The molecular formula is C19H18N2O3S. The first-order valence-corrected chi connectivity index (χ1v) is 8.86. The number of fused-ring (bicyclic) bond motifs is 1. The predicted molar refractivity (Wildman–Crippen MR) is 98.5 cm³/mol. The molecular weight excluding hydrogens is 336 g/mol. The fourth-order valence-electron chi connectivity index (χ4n) is 2.49. The van der Waals surface area contributed by atoms with Gasteiger partial charge in [-0.2, -0.15) is 0 Å². The number of aromatic nitrogens is 1. The Hall–Kier alpha value is -2.73. The molecule has 0 radical (unpaired) electrons. The van der Waals surface area contributed by atoms with Crippen molar-refractivity contribution in [2.24, 2.45) is 5.92 Å². The first kappa shape index (κ1) is 17.1. The number of ether oxygens (including phenoxy) is 1. The molecule has 25 heavy (non-hydrogen) atoms. The molecule has 0 spiro atoms. The van der Waals surface area contributed by atoms with E-state index < -0.39 is 17.8 Å². The van der Waals surface area contributed by atoms with E-state index in [0.29, 0.717) is 5.13 Å². The molecule has 2 aromatic carbocycles. The third-order valence-electron chi connectivity index (χ3n) is 3.69. The van der Waals surface area contributed by atoms with Crippen molar-refractivity contribution < 1.29 is 14.3 Å². The number of hydrogen-bond donors (Lipinski definition) is 1. The van der Waals surface area contributed by atoms with Gasteiger partial charge in [-0.05, 0) is 31.0 Å². The van der Waals surface area contributed by atoms with Crippen LogP contribution in [0.1, 0.15) is 12.5 Å². The van der Waals surface area contributed by atoms with Crippen molar-refractivity contribution in [1.82, 2.24) is 4.98 Å². The van der Waals surface area contributed by atoms with Gasteiger partial charge in [-0.1, -0.05) is 53.8 Å². The van der Waals surface area contributed by atoms with E-state index in [9.17, 15) is 9.59 Å². The number of esters is 1. The summed E-state index contributed by atoms with van der Waals surface area (Å²) in [7, 11) is 0. The normalized spacial score (nSPS) is 11.9. The number of para-hydroxylation sites is 1. The number of benzene rings is 2. The molecule has 0 saturated carbocycles. The van der Waals surface area contributed by atoms with E-state index in [0.717, 1.165) is 15.8 Å². The molecule has 5 nitrogen and oxygen atoms in total. The van der Waals surface area contributed by atoms with Crippen LogP contribution in [-0.2, 0) is 20.7 Å². The fraction of sp³-hybridized carbons (Fsp3) is 0.211. The molecule has 128 valence electrons. The van der Waals surface area contributed by atoms with Crippen LogP contribution in [0, 0.1) is 5.92 Å². The summed E-state index contributed by atoms with van der Waals surface area (Å²) in [4.78, 5) is 29.3. The minimum absolute atomic E-state index is 0.235. The van der Waals surface area contributed by atoms with Crippen molar-refractivity contribution >= 4 is 38.6 Å². The van der Waals surface area contributed by atoms with Crippen molar-refractivity contribution in [2.45, 2.75) is 13.3 Å². The van der Waals surface area contributed by atoms with Crippen LogP contribution in [0.3, 0.4) is 0 Å². The highest BCUT2D eigenvalue weighted by Crippen LogP contribution is 2.26. The zero-order valence-electron chi connectivity index (χ0n) is 13.8. The largest absolute Gasteiger partial charge is 0.465 e. The van der Waals surface area contributed by atoms with E-state index in [4.69, 9.17) is 4.74 Å². The lowest BCUT2D eigenvalue weighted by atomic mass is 9.98. The molecule has 6 heteroatoms. The lowest BCUT2D eigenvalue weighted by Gasteiger charge is -2.14. The van der Waals surface area contributed by atoms with Gasteiger partial charge in [-0.25, -0.2) is 4.98 Å². The van der Waals surface area contributed by atoms with E-state index in [1.165, 1.54) is 11.3 Å². The number of rotatable bonds is 6. The second-order valence-electron chi connectivity index (χ2n) is 5.47. The SMILES string of the molecule is CCOC(=O)[C@H](Cc1ccccc1)C(=O)Nc1nc2ccccc2s1. The van der Waals surface area contributed by atoms with Crippen molar-refractivity contribution in [3.05, 3.63) is 60.2 Å². The monoisotopic (exact) mass is 354 g/mol. The first-order valence-electron chi connectivity index (χ1n) is 8.04. The molecule has 1 aromatic heterocycles. The molecule has 0 aliphatic rings. The lowest BCUT2D eigenvalue weighted by molar-refractivity contribution is -0.150. The number of amides is 1. The van der Waals surface area contributed by atoms with Crippen LogP contribution in [0.25, 0.3) is 10.2 Å². The van der Waals surface area contributed by atoms with Gasteiger partial charge in [0.1, 0.15) is 5.92 Å². The van der Waals surface area contributed by atoms with Gasteiger partial charge in [-0.3, -0.25) is 9.59 Å². The van der Waals surface area contributed by atoms with Crippen molar-refractivity contribution in [3.8, 4) is 0 Å². The number of nitrogens with one attached hydrogen (secondary N) is 1. The van der Waals surface area contributed by atoms with Gasteiger partial charge in [0, 0.05) is 0 Å². The average molecular weight is 354 g/mol. The van der Waals surface area contributed by atoms with Crippen LogP contribution in [0.4, 0.5) is 5.13 Å². The Morgan fingerprint density at radius 2 is 1.84 bits per heavy atom. The summed E-state index contributed by atoms with van der Waals surface area (Å²) in [6.07, 6.45) is 0.288. The molecule has 0 saturated heterocycles. The minimum atomic E-state index is -0.908. The zero-order chi connectivity index (χ0) is 17.6. The Morgan fingerprint density at radius 3 is 2.56 bits per heavy atom. The standard InChI is InChI=1S/C19H18N2O3S/c1-2-24-18(23)14(12-13-8-4-3-5-9-13)17(22)21-19-20-15-10-6-7-11-16(15)25-19/h3-11,14H,2,12H2,1H3,(H,20,21,22)/t14-/m1/s1. The smallest absolute Gasteiger partial charge is 0.318 e. The Bertz CT molecular complexity index is 844. The molecule has 1 N–H and O–H groups in total. The van der Waals surface area contributed by atoms with Crippen LogP contribution >= 0.6 is 11.3 Å². The van der Waals surface area contributed by atoms with E-state index >= 15 is 0 Å². The number of hydrogen-bond acceptors (Lipinski definition) is 5. The Morgan fingerprint density at radius 1 is 1.12 bits per heavy atom. The van der Waals surface area contributed by atoms with Gasteiger partial charge < -0.3 is 10.1 Å². The van der Waals surface area contributed by atoms with Crippen LogP contribution in [0.5, 0.6) is 0 Å². The van der Waals surface area contributed by atoms with Crippen LogP contribution < -0.4 is 5.32 Å². The number of anilines is 1. The van der Waals surface area contributed by atoms with E-state index in [2.05, 4.69) is 10.3 Å². The quantitative estimate of drug-likeness (QED) is 0.542. The summed E-state index contributed by atoms with van der Waals surface area (Å²) >= 11 is 1.38. The Kier molecular flexibility index (Phi) is 5.40. The summed E-state index contributed by atoms with van der Waals surface area (Å²) in [6, 6.07) is 17.1. The van der Waals surface area contributed by atoms with Gasteiger partial charge in [0.25, 0.3) is 0 Å². The van der Waals surface area contributed by atoms with Crippen molar-refractivity contribution in [3.63, 3.8) is 0 Å². The molecule has 0 bridgehead atoms. The minimum Gasteiger partial charge on any atom is -0.465 e. The van der Waals surface area contributed by atoms with Gasteiger partial charge in [0.05, 0.1) is 16.8 Å². The van der Waals surface area contributed by atoms with Gasteiger partial charge >= 0.3 is 5.97 Å². The number of thiazole rings is 1. The maximum atomic E-state index is 12.7. The number of carbonyl (C=O) groups excluding carboxylic acids is 2. The van der Waals surface area contributed by atoms with E-state index in [1.54, 1.807) is 6.92 Å². The number of nitrogens with zero attached hydrogens (tertiary/aromatic N) is 1. The molecule has 3 aromatic rings. The molecule has 1 amide bonds. The fourth-order valence-corrected chi connectivity index (χ4v) is 3.36. The predicted octanol–water partition coefficient (Wildman–Crippen LogP) is 3.66. The molecule has 1 heterocycles. The van der Waals surface area contributed by atoms with Crippen molar-refractivity contribution in [1.29, 1.82) is 0 Å². The highest BCUT2D eigenvalue weighted by molar-refractivity contribution is 7.22. The molecule has 0 aliphatic heterocycles. The highest BCUT2D eigenvalue weighted by Gasteiger charge is 2.29. The third-order valence-corrected chi connectivity index (χ3v) is 4.65. The van der Waals surface area contributed by atoms with Crippen molar-refractivity contribution in [2.75, 3.05) is 11.9 Å². The lowest BCUT2D eigenvalue weighted by Crippen LogP contribution is -2.33. The summed E-state index contributed by atoms with van der Waals surface area (Å²) in [6.45, 7) is 1.96. The average Bonchev–Trinajstić information content (AvgIpc) is 3.02. The third kappa shape index (κ3) is 4.22. The van der Waals surface area contributed by atoms with Crippen LogP contribution in [0.2, 0.25) is 0 Å². The van der Waals surface area contributed by atoms with Crippen LogP contribution in [-0.4, -0.2) is 23.5 Å². The van der Waals surface area contributed by atoms with Gasteiger partial charge in [0.15, 0.2) is 5.13 Å². The van der Waals surface area contributed by atoms with Gasteiger partial charge in [-0.15, -0.1) is 0 Å². The Balaban J connectivity index is 1.79. The van der Waals surface area contributed by atoms with E-state index in [-0.39, 0.29) is 13.0 Å².